The van der Waals surface area contributed by atoms with Crippen molar-refractivity contribution in [1.82, 2.24) is 9.78 Å². The minimum atomic E-state index is -0.516. The Labute approximate surface area is 126 Å². The monoisotopic (exact) mass is 302 g/mol. The van der Waals surface area contributed by atoms with Gasteiger partial charge in [0.05, 0.1) is 27.5 Å². The summed E-state index contributed by atoms with van der Waals surface area (Å²) in [4.78, 5) is 12.5. The quantitative estimate of drug-likeness (QED) is 0.898. The minimum Gasteiger partial charge on any atom is -0.493 e. The van der Waals surface area contributed by atoms with Crippen molar-refractivity contribution in [2.24, 2.45) is 0 Å². The van der Waals surface area contributed by atoms with Gasteiger partial charge in [0.2, 0.25) is 5.75 Å². The summed E-state index contributed by atoms with van der Waals surface area (Å²) in [6.45, 7) is 0. The van der Waals surface area contributed by atoms with E-state index in [-0.39, 0.29) is 16.9 Å². The summed E-state index contributed by atoms with van der Waals surface area (Å²) in [7, 11) is 4.36. The molecule has 0 bridgehead atoms. The largest absolute Gasteiger partial charge is 0.493 e. The van der Waals surface area contributed by atoms with Crippen molar-refractivity contribution in [1.29, 1.82) is 5.26 Å². The number of ether oxygens (including phenoxy) is 3. The van der Waals surface area contributed by atoms with Crippen LogP contribution in [0.5, 0.6) is 17.2 Å². The Balaban J connectivity index is 2.54. The van der Waals surface area contributed by atoms with Crippen molar-refractivity contribution in [3.63, 3.8) is 0 Å². The first-order valence-corrected chi connectivity index (χ1v) is 6.15. The van der Waals surface area contributed by atoms with Crippen LogP contribution in [0.4, 0.5) is 5.82 Å². The third kappa shape index (κ3) is 2.40. The standard InChI is InChI=1S/C14H14N4O4/c1-20-10-4-8(5-11(21-2)12(10)22-3)14(19)18-13(16)9(6-15)7-17-18/h4-5,7H,16H2,1-3H3. The van der Waals surface area contributed by atoms with Gasteiger partial charge in [-0.1, -0.05) is 0 Å². The highest BCUT2D eigenvalue weighted by Gasteiger charge is 2.20. The lowest BCUT2D eigenvalue weighted by molar-refractivity contribution is 0.0947. The fourth-order valence-electron chi connectivity index (χ4n) is 1.93. The molecule has 2 N–H and O–H groups in total. The van der Waals surface area contributed by atoms with E-state index in [9.17, 15) is 4.79 Å². The van der Waals surface area contributed by atoms with Crippen LogP contribution in [0.2, 0.25) is 0 Å². The number of carbonyl (C=O) groups is 1. The molecule has 8 nitrogen and oxygen atoms in total. The zero-order chi connectivity index (χ0) is 16.3. The van der Waals surface area contributed by atoms with E-state index in [1.54, 1.807) is 0 Å². The zero-order valence-electron chi connectivity index (χ0n) is 12.3. The molecule has 0 atom stereocenters. The Kier molecular flexibility index (Phi) is 4.18. The normalized spacial score (nSPS) is 9.91. The Bertz CT molecular complexity index is 736. The molecule has 0 spiro atoms. The van der Waals surface area contributed by atoms with Gasteiger partial charge in [-0.25, -0.2) is 0 Å². The van der Waals surface area contributed by atoms with Gasteiger partial charge < -0.3 is 19.9 Å². The molecule has 114 valence electrons. The van der Waals surface area contributed by atoms with Crippen molar-refractivity contribution in [2.75, 3.05) is 27.1 Å². The molecule has 0 amide bonds. The maximum atomic E-state index is 12.5. The fraction of sp³-hybridized carbons (Fsp3) is 0.214. The van der Waals surface area contributed by atoms with E-state index >= 15 is 0 Å². The van der Waals surface area contributed by atoms with E-state index in [2.05, 4.69) is 5.10 Å². The topological polar surface area (TPSA) is 112 Å². The highest BCUT2D eigenvalue weighted by atomic mass is 16.5. The van der Waals surface area contributed by atoms with Crippen LogP contribution in [-0.4, -0.2) is 37.0 Å². The molecule has 22 heavy (non-hydrogen) atoms. The molecule has 0 aliphatic heterocycles. The fourth-order valence-corrected chi connectivity index (χ4v) is 1.93. The van der Waals surface area contributed by atoms with Gasteiger partial charge in [-0.3, -0.25) is 4.79 Å². The highest BCUT2D eigenvalue weighted by molar-refractivity contribution is 5.98. The van der Waals surface area contributed by atoms with Crippen LogP contribution in [0.1, 0.15) is 15.9 Å². The van der Waals surface area contributed by atoms with Gasteiger partial charge >= 0.3 is 0 Å². The molecule has 0 saturated carbocycles. The Hall–Kier alpha value is -3.21. The second-order valence-electron chi connectivity index (χ2n) is 4.19. The van der Waals surface area contributed by atoms with Crippen LogP contribution in [0.15, 0.2) is 18.3 Å². The number of nitrogens with two attached hydrogens (primary N) is 1. The predicted octanol–water partition coefficient (Wildman–Crippen LogP) is 1.05. The average molecular weight is 302 g/mol. The SMILES string of the molecule is COc1cc(C(=O)n2ncc(C#N)c2N)cc(OC)c1OC. The molecule has 1 aromatic carbocycles. The number of rotatable bonds is 4. The van der Waals surface area contributed by atoms with Gasteiger partial charge in [-0.05, 0) is 12.1 Å². The van der Waals surface area contributed by atoms with E-state index in [0.717, 1.165) is 4.68 Å². The number of aromatic nitrogens is 2. The number of hydrogen-bond acceptors (Lipinski definition) is 7. The minimum absolute atomic E-state index is 0.0266. The summed E-state index contributed by atoms with van der Waals surface area (Å²) in [5.74, 6) is 0.486. The summed E-state index contributed by atoms with van der Waals surface area (Å²) in [6, 6.07) is 4.82. The van der Waals surface area contributed by atoms with Gasteiger partial charge in [0, 0.05) is 5.56 Å². The Morgan fingerprint density at radius 3 is 2.23 bits per heavy atom. The van der Waals surface area contributed by atoms with Gasteiger partial charge in [0.25, 0.3) is 5.91 Å². The molecular formula is C14H14N4O4. The molecule has 0 unspecified atom stereocenters. The molecule has 0 fully saturated rings. The lowest BCUT2D eigenvalue weighted by Crippen LogP contribution is -2.16. The molecule has 0 aliphatic carbocycles. The highest BCUT2D eigenvalue weighted by Crippen LogP contribution is 2.38. The number of methoxy groups -OCH3 is 3. The number of carbonyl (C=O) groups excluding carboxylic acids is 1. The second-order valence-corrected chi connectivity index (χ2v) is 4.19. The molecule has 1 heterocycles. The van der Waals surface area contributed by atoms with E-state index in [1.165, 1.54) is 39.7 Å². The lowest BCUT2D eigenvalue weighted by Gasteiger charge is -2.13. The third-order valence-corrected chi connectivity index (χ3v) is 3.03. The van der Waals surface area contributed by atoms with Gasteiger partial charge in [-0.2, -0.15) is 15.0 Å². The molecule has 0 aliphatic rings. The Morgan fingerprint density at radius 2 is 1.82 bits per heavy atom. The van der Waals surface area contributed by atoms with Crippen molar-refractivity contribution in [3.8, 4) is 23.3 Å². The van der Waals surface area contributed by atoms with Crippen LogP contribution in [-0.2, 0) is 0 Å². The number of nitriles is 1. The maximum absolute atomic E-state index is 12.5. The van der Waals surface area contributed by atoms with Crippen LogP contribution in [0, 0.1) is 11.3 Å². The van der Waals surface area contributed by atoms with Crippen molar-refractivity contribution in [3.05, 3.63) is 29.5 Å². The summed E-state index contributed by atoms with van der Waals surface area (Å²) in [6.07, 6.45) is 1.23. The van der Waals surface area contributed by atoms with Crippen LogP contribution in [0.3, 0.4) is 0 Å². The summed E-state index contributed by atoms with van der Waals surface area (Å²) >= 11 is 0. The van der Waals surface area contributed by atoms with Crippen molar-refractivity contribution >= 4 is 11.7 Å². The molecule has 1 aromatic heterocycles. The number of nitrogens with zero attached hydrogens (tertiary/aromatic N) is 3. The van der Waals surface area contributed by atoms with Crippen molar-refractivity contribution in [2.45, 2.75) is 0 Å². The summed E-state index contributed by atoms with van der Waals surface area (Å²) in [5.41, 5.74) is 6.08. The number of nitrogen functional groups attached to an aromatic ring is 1. The molecule has 2 aromatic rings. The second kappa shape index (κ2) is 6.05. The summed E-state index contributed by atoms with van der Waals surface area (Å²) in [5, 5.41) is 12.7. The van der Waals surface area contributed by atoms with E-state index in [1.807, 2.05) is 6.07 Å². The first-order valence-electron chi connectivity index (χ1n) is 6.15. The van der Waals surface area contributed by atoms with Crippen LogP contribution >= 0.6 is 0 Å². The van der Waals surface area contributed by atoms with Crippen molar-refractivity contribution < 1.29 is 19.0 Å². The maximum Gasteiger partial charge on any atom is 0.280 e. The van der Waals surface area contributed by atoms with Crippen LogP contribution in [0.25, 0.3) is 0 Å². The molecule has 0 saturated heterocycles. The van der Waals surface area contributed by atoms with E-state index in [4.69, 9.17) is 25.2 Å². The van der Waals surface area contributed by atoms with Gasteiger partial charge in [0.1, 0.15) is 17.5 Å². The number of anilines is 1. The smallest absolute Gasteiger partial charge is 0.280 e. The molecule has 0 radical (unpaired) electrons. The predicted molar refractivity (Wildman–Crippen MR) is 77.2 cm³/mol. The molecule has 2 rings (SSSR count). The number of benzene rings is 1. The first kappa shape index (κ1) is 15.2. The first-order chi connectivity index (χ1) is 10.6. The van der Waals surface area contributed by atoms with E-state index < -0.39 is 5.91 Å². The van der Waals surface area contributed by atoms with Crippen LogP contribution < -0.4 is 19.9 Å². The lowest BCUT2D eigenvalue weighted by atomic mass is 10.1. The average Bonchev–Trinajstić information content (AvgIpc) is 2.93. The third-order valence-electron chi connectivity index (χ3n) is 3.03. The Morgan fingerprint density at radius 1 is 1.23 bits per heavy atom. The van der Waals surface area contributed by atoms with Gasteiger partial charge in [-0.15, -0.1) is 0 Å². The van der Waals surface area contributed by atoms with E-state index in [0.29, 0.717) is 17.2 Å². The number of hydrogen-bond donors (Lipinski definition) is 1. The molecular weight excluding hydrogens is 288 g/mol. The van der Waals surface area contributed by atoms with Gasteiger partial charge in [0.15, 0.2) is 11.5 Å². The zero-order valence-corrected chi connectivity index (χ0v) is 12.3. The summed E-state index contributed by atoms with van der Waals surface area (Å²) < 4.78 is 16.5. The molecule has 8 heteroatoms.